The summed E-state index contributed by atoms with van der Waals surface area (Å²) in [5, 5.41) is 2.70. The maximum absolute atomic E-state index is 12.0. The van der Waals surface area contributed by atoms with Crippen molar-refractivity contribution in [2.45, 2.75) is 46.0 Å². The predicted octanol–water partition coefficient (Wildman–Crippen LogP) is 4.31. The quantitative estimate of drug-likeness (QED) is 0.383. The highest BCUT2D eigenvalue weighted by Gasteiger charge is 2.11. The minimum absolute atomic E-state index is 0.0269. The molecule has 0 saturated heterocycles. The number of hydrogen-bond donors (Lipinski definition) is 3. The number of rotatable bonds is 11. The molecule has 0 bridgehead atoms. The van der Waals surface area contributed by atoms with E-state index in [9.17, 15) is 14.4 Å². The van der Waals surface area contributed by atoms with E-state index in [1.807, 2.05) is 19.1 Å². The van der Waals surface area contributed by atoms with Crippen LogP contribution in [0.4, 0.5) is 5.69 Å². The van der Waals surface area contributed by atoms with Gasteiger partial charge in [0.25, 0.3) is 5.91 Å². The van der Waals surface area contributed by atoms with Gasteiger partial charge >= 0.3 is 0 Å². The summed E-state index contributed by atoms with van der Waals surface area (Å²) in [6.07, 6.45) is 0.922. The van der Waals surface area contributed by atoms with E-state index < -0.39 is 11.8 Å². The lowest BCUT2D eigenvalue weighted by molar-refractivity contribution is -0.130. The van der Waals surface area contributed by atoms with E-state index in [1.165, 1.54) is 5.56 Å². The van der Waals surface area contributed by atoms with E-state index in [1.54, 1.807) is 30.3 Å². The van der Waals surface area contributed by atoms with Crippen molar-refractivity contribution in [1.82, 2.24) is 10.9 Å². The van der Waals surface area contributed by atoms with Gasteiger partial charge in [-0.1, -0.05) is 19.9 Å². The molecule has 33 heavy (non-hydrogen) atoms. The number of ether oxygens (including phenoxy) is 2. The lowest BCUT2D eigenvalue weighted by Gasteiger charge is -2.13. The average Bonchev–Trinajstić information content (AvgIpc) is 2.81. The Bertz CT molecular complexity index is 950. The molecule has 1 unspecified atom stereocenters. The fourth-order valence-corrected chi connectivity index (χ4v) is 3.32. The van der Waals surface area contributed by atoms with E-state index in [4.69, 9.17) is 9.47 Å². The van der Waals surface area contributed by atoms with Crippen molar-refractivity contribution in [1.29, 1.82) is 0 Å². The van der Waals surface area contributed by atoms with Crippen LogP contribution in [0.1, 0.15) is 51.5 Å². The number of hydrazine groups is 1. The number of carbonyl (C=O) groups is 3. The number of carbonyl (C=O) groups excluding carboxylic acids is 3. The van der Waals surface area contributed by atoms with E-state index in [-0.39, 0.29) is 25.4 Å². The summed E-state index contributed by atoms with van der Waals surface area (Å²) in [6, 6.07) is 12.7. The first-order valence-corrected chi connectivity index (χ1v) is 11.6. The smallest absolute Gasteiger partial charge is 0.276 e. The maximum atomic E-state index is 12.0. The van der Waals surface area contributed by atoms with Crippen LogP contribution >= 0.6 is 15.9 Å². The Labute approximate surface area is 202 Å². The molecule has 0 aromatic heterocycles. The highest BCUT2D eigenvalue weighted by molar-refractivity contribution is 9.10. The largest absolute Gasteiger partial charge is 0.494 e. The van der Waals surface area contributed by atoms with Gasteiger partial charge in [-0.05, 0) is 77.2 Å². The molecule has 0 spiro atoms. The summed E-state index contributed by atoms with van der Waals surface area (Å²) < 4.78 is 11.6. The Balaban J connectivity index is 1.67. The molecule has 0 saturated carbocycles. The number of benzene rings is 2. The lowest BCUT2D eigenvalue weighted by Crippen LogP contribution is -2.44. The summed E-state index contributed by atoms with van der Waals surface area (Å²) in [7, 11) is 0. The monoisotopic (exact) mass is 519 g/mol. The zero-order valence-electron chi connectivity index (χ0n) is 19.1. The van der Waals surface area contributed by atoms with E-state index in [2.05, 4.69) is 45.9 Å². The first-order chi connectivity index (χ1) is 15.8. The van der Waals surface area contributed by atoms with Gasteiger partial charge in [-0.2, -0.15) is 0 Å². The van der Waals surface area contributed by atoms with Crippen LogP contribution in [0.3, 0.4) is 0 Å². The van der Waals surface area contributed by atoms with Gasteiger partial charge in [0.05, 0.1) is 11.1 Å². The highest BCUT2D eigenvalue weighted by Crippen LogP contribution is 2.30. The van der Waals surface area contributed by atoms with Crippen LogP contribution in [0, 0.1) is 0 Å². The third-order valence-electron chi connectivity index (χ3n) is 4.87. The molecule has 8 nitrogen and oxygen atoms in total. The van der Waals surface area contributed by atoms with E-state index in [0.29, 0.717) is 29.7 Å². The van der Waals surface area contributed by atoms with Crippen molar-refractivity contribution >= 4 is 39.3 Å². The average molecular weight is 520 g/mol. The van der Waals surface area contributed by atoms with Gasteiger partial charge in [0, 0.05) is 18.5 Å². The second-order valence-electron chi connectivity index (χ2n) is 7.39. The standard InChI is InChI=1S/C24H30BrN3O5/c1-4-16(3)17-6-11-21(20(25)14-17)33-15-24(31)28-27-23(30)13-12-22(29)26-18-7-9-19(10-8-18)32-5-2/h6-11,14,16H,4-5,12-13,15H2,1-3H3,(H,26,29)(H,27,30)(H,28,31). The van der Waals surface area contributed by atoms with Crippen LogP contribution in [0.25, 0.3) is 0 Å². The Morgan fingerprint density at radius 1 is 0.909 bits per heavy atom. The Morgan fingerprint density at radius 3 is 2.21 bits per heavy atom. The summed E-state index contributed by atoms with van der Waals surface area (Å²) in [5.74, 6) is 0.371. The van der Waals surface area contributed by atoms with Crippen molar-refractivity contribution in [3.05, 3.63) is 52.5 Å². The zero-order chi connectivity index (χ0) is 24.2. The summed E-state index contributed by atoms with van der Waals surface area (Å²) in [6.45, 7) is 6.45. The number of halogens is 1. The fourth-order valence-electron chi connectivity index (χ4n) is 2.81. The number of anilines is 1. The molecule has 178 valence electrons. The van der Waals surface area contributed by atoms with Crippen LogP contribution in [0.15, 0.2) is 46.9 Å². The molecule has 3 amide bonds. The molecule has 0 radical (unpaired) electrons. The van der Waals surface area contributed by atoms with Crippen LogP contribution in [0.2, 0.25) is 0 Å². The second kappa shape index (κ2) is 13.5. The van der Waals surface area contributed by atoms with Gasteiger partial charge in [-0.3, -0.25) is 25.2 Å². The minimum atomic E-state index is -0.514. The molecule has 0 aliphatic rings. The molecule has 1 atom stereocenters. The van der Waals surface area contributed by atoms with E-state index in [0.717, 1.165) is 10.9 Å². The summed E-state index contributed by atoms with van der Waals surface area (Å²) in [4.78, 5) is 35.9. The minimum Gasteiger partial charge on any atom is -0.494 e. The molecule has 0 fully saturated rings. The fraction of sp³-hybridized carbons (Fsp3) is 0.375. The van der Waals surface area contributed by atoms with Gasteiger partial charge < -0.3 is 14.8 Å². The molecule has 2 aromatic carbocycles. The van der Waals surface area contributed by atoms with Crippen molar-refractivity contribution in [2.24, 2.45) is 0 Å². The van der Waals surface area contributed by atoms with E-state index >= 15 is 0 Å². The van der Waals surface area contributed by atoms with Gasteiger partial charge in [0.1, 0.15) is 11.5 Å². The molecule has 0 heterocycles. The SMILES string of the molecule is CCOc1ccc(NC(=O)CCC(=O)NNC(=O)COc2ccc(C(C)CC)cc2Br)cc1. The first kappa shape index (κ1) is 26.2. The van der Waals surface area contributed by atoms with Crippen LogP contribution in [0.5, 0.6) is 11.5 Å². The Kier molecular flexibility index (Phi) is 10.7. The highest BCUT2D eigenvalue weighted by atomic mass is 79.9. The Hall–Kier alpha value is -3.07. The lowest BCUT2D eigenvalue weighted by atomic mass is 9.99. The molecule has 2 aromatic rings. The van der Waals surface area contributed by atoms with Gasteiger partial charge in [-0.25, -0.2) is 0 Å². The molecule has 0 aliphatic heterocycles. The van der Waals surface area contributed by atoms with Crippen molar-refractivity contribution in [2.75, 3.05) is 18.5 Å². The van der Waals surface area contributed by atoms with Gasteiger partial charge in [0.2, 0.25) is 11.8 Å². The van der Waals surface area contributed by atoms with Crippen molar-refractivity contribution < 1.29 is 23.9 Å². The van der Waals surface area contributed by atoms with Gasteiger partial charge in [0.15, 0.2) is 6.61 Å². The van der Waals surface area contributed by atoms with Crippen LogP contribution in [-0.2, 0) is 14.4 Å². The topological polar surface area (TPSA) is 106 Å². The Morgan fingerprint density at radius 2 is 1.58 bits per heavy atom. The first-order valence-electron chi connectivity index (χ1n) is 10.8. The molecular formula is C24H30BrN3O5. The van der Waals surface area contributed by atoms with Crippen LogP contribution in [-0.4, -0.2) is 30.9 Å². The molecule has 2 rings (SSSR count). The number of amides is 3. The molecular weight excluding hydrogens is 490 g/mol. The predicted molar refractivity (Wildman–Crippen MR) is 130 cm³/mol. The molecule has 3 N–H and O–H groups in total. The number of hydrogen-bond acceptors (Lipinski definition) is 5. The van der Waals surface area contributed by atoms with Gasteiger partial charge in [-0.15, -0.1) is 0 Å². The third kappa shape index (κ3) is 9.13. The second-order valence-corrected chi connectivity index (χ2v) is 8.24. The summed E-state index contributed by atoms with van der Waals surface area (Å²) >= 11 is 3.45. The summed E-state index contributed by atoms with van der Waals surface area (Å²) in [5.41, 5.74) is 6.35. The van der Waals surface area contributed by atoms with Crippen LogP contribution < -0.4 is 25.6 Å². The number of nitrogens with one attached hydrogen (secondary N) is 3. The normalized spacial score (nSPS) is 11.3. The molecule has 0 aliphatic carbocycles. The van der Waals surface area contributed by atoms with Crippen molar-refractivity contribution in [3.63, 3.8) is 0 Å². The maximum Gasteiger partial charge on any atom is 0.276 e. The van der Waals surface area contributed by atoms with Crippen molar-refractivity contribution in [3.8, 4) is 11.5 Å². The molecule has 9 heteroatoms. The third-order valence-corrected chi connectivity index (χ3v) is 5.49. The zero-order valence-corrected chi connectivity index (χ0v) is 20.7.